The summed E-state index contributed by atoms with van der Waals surface area (Å²) in [6, 6.07) is 0. The number of hydrogen-bond acceptors (Lipinski definition) is 5. The summed E-state index contributed by atoms with van der Waals surface area (Å²) < 4.78 is 0. The minimum absolute atomic E-state index is 0.111. The van der Waals surface area contributed by atoms with E-state index < -0.39 is 0 Å². The lowest BCUT2D eigenvalue weighted by molar-refractivity contribution is -0.207. The molecular formula is C29H52N2O4. The van der Waals surface area contributed by atoms with Crippen molar-refractivity contribution in [3.8, 4) is 0 Å². The summed E-state index contributed by atoms with van der Waals surface area (Å²) >= 11 is 0. The van der Waals surface area contributed by atoms with Crippen molar-refractivity contribution < 1.29 is 20.1 Å². The van der Waals surface area contributed by atoms with Gasteiger partial charge in [0.1, 0.15) is 0 Å². The smallest absolute Gasteiger partial charge is 0.220 e. The van der Waals surface area contributed by atoms with E-state index in [0.29, 0.717) is 36.0 Å². The van der Waals surface area contributed by atoms with Gasteiger partial charge in [-0.05, 0) is 125 Å². The van der Waals surface area contributed by atoms with Crippen LogP contribution in [-0.4, -0.2) is 71.6 Å². The quantitative estimate of drug-likeness (QED) is 0.390. The molecule has 0 saturated heterocycles. The molecule has 6 nitrogen and oxygen atoms in total. The number of carbonyl (C=O) groups is 1. The minimum Gasteiger partial charge on any atom is -0.393 e. The van der Waals surface area contributed by atoms with Gasteiger partial charge in [-0.3, -0.25) is 4.79 Å². The predicted octanol–water partition coefficient (Wildman–Crippen LogP) is 3.43. The highest BCUT2D eigenvalue weighted by Crippen LogP contribution is 2.68. The molecule has 6 heteroatoms. The second-order valence-electron chi connectivity index (χ2n) is 13.5. The summed E-state index contributed by atoms with van der Waals surface area (Å²) in [5, 5.41) is 36.5. The Morgan fingerprint density at radius 2 is 1.80 bits per heavy atom. The van der Waals surface area contributed by atoms with Gasteiger partial charge in [-0.2, -0.15) is 0 Å². The molecule has 0 heterocycles. The lowest BCUT2D eigenvalue weighted by Crippen LogP contribution is -2.62. The summed E-state index contributed by atoms with van der Waals surface area (Å²) in [6.07, 6.45) is 7.81. The van der Waals surface area contributed by atoms with Crippen molar-refractivity contribution in [3.05, 3.63) is 0 Å². The fourth-order valence-electron chi connectivity index (χ4n) is 9.40. The molecule has 4 fully saturated rings. The molecule has 11 atom stereocenters. The van der Waals surface area contributed by atoms with Crippen LogP contribution in [0.5, 0.6) is 0 Å². The number of aliphatic hydroxyl groups excluding tert-OH is 3. The van der Waals surface area contributed by atoms with Gasteiger partial charge in [0.15, 0.2) is 0 Å². The third-order valence-electron chi connectivity index (χ3n) is 11.5. The van der Waals surface area contributed by atoms with Crippen molar-refractivity contribution >= 4 is 5.91 Å². The van der Waals surface area contributed by atoms with Crippen molar-refractivity contribution in [2.75, 3.05) is 27.2 Å². The summed E-state index contributed by atoms with van der Waals surface area (Å²) in [6.45, 7) is 8.65. The molecule has 0 spiro atoms. The van der Waals surface area contributed by atoms with Gasteiger partial charge in [0.25, 0.3) is 0 Å². The summed E-state index contributed by atoms with van der Waals surface area (Å²) in [5.74, 6) is 2.17. The Morgan fingerprint density at radius 3 is 2.51 bits per heavy atom. The van der Waals surface area contributed by atoms with E-state index >= 15 is 0 Å². The second-order valence-corrected chi connectivity index (χ2v) is 13.5. The van der Waals surface area contributed by atoms with Gasteiger partial charge >= 0.3 is 0 Å². The van der Waals surface area contributed by atoms with Crippen molar-refractivity contribution in [1.82, 2.24) is 10.2 Å². The lowest BCUT2D eigenvalue weighted by atomic mass is 9.43. The molecule has 4 rings (SSSR count). The van der Waals surface area contributed by atoms with Gasteiger partial charge in [0, 0.05) is 13.0 Å². The molecule has 4 aliphatic carbocycles. The molecule has 4 aliphatic rings. The second kappa shape index (κ2) is 10.6. The fourth-order valence-corrected chi connectivity index (χ4v) is 9.40. The molecule has 0 aromatic rings. The lowest BCUT2D eigenvalue weighted by Gasteiger charge is -2.63. The van der Waals surface area contributed by atoms with Crippen LogP contribution in [0.2, 0.25) is 0 Å². The Balaban J connectivity index is 1.41. The molecule has 0 radical (unpaired) electrons. The number of aliphatic hydroxyl groups is 3. The molecule has 1 amide bonds. The first-order valence-electron chi connectivity index (χ1n) is 14.4. The van der Waals surface area contributed by atoms with E-state index in [1.165, 1.54) is 0 Å². The maximum absolute atomic E-state index is 12.4. The third-order valence-corrected chi connectivity index (χ3v) is 11.5. The number of rotatable bonds is 8. The Labute approximate surface area is 213 Å². The van der Waals surface area contributed by atoms with Crippen LogP contribution in [0, 0.1) is 46.3 Å². The molecule has 0 bridgehead atoms. The van der Waals surface area contributed by atoms with E-state index in [4.69, 9.17) is 0 Å². The summed E-state index contributed by atoms with van der Waals surface area (Å²) in [5.41, 5.74) is -0.0824. The minimum atomic E-state index is -0.363. The number of hydrogen-bond donors (Lipinski definition) is 4. The van der Waals surface area contributed by atoms with Gasteiger partial charge in [-0.1, -0.05) is 20.8 Å². The summed E-state index contributed by atoms with van der Waals surface area (Å²) in [7, 11) is 4.09. The largest absolute Gasteiger partial charge is 0.393 e. The van der Waals surface area contributed by atoms with Gasteiger partial charge in [0.2, 0.25) is 5.91 Å². The molecule has 4 N–H and O–H groups in total. The van der Waals surface area contributed by atoms with E-state index in [9.17, 15) is 20.1 Å². The van der Waals surface area contributed by atoms with E-state index in [0.717, 1.165) is 70.9 Å². The Bertz CT molecular complexity index is 746. The number of amides is 1. The Hall–Kier alpha value is -0.690. The van der Waals surface area contributed by atoms with Crippen molar-refractivity contribution in [2.24, 2.45) is 46.3 Å². The molecule has 0 aromatic heterocycles. The molecule has 35 heavy (non-hydrogen) atoms. The highest BCUT2D eigenvalue weighted by atomic mass is 16.3. The Morgan fingerprint density at radius 1 is 1.06 bits per heavy atom. The van der Waals surface area contributed by atoms with E-state index in [-0.39, 0.29) is 41.0 Å². The highest BCUT2D eigenvalue weighted by molar-refractivity contribution is 5.75. The third kappa shape index (κ3) is 5.06. The van der Waals surface area contributed by atoms with Crippen LogP contribution in [0.1, 0.15) is 85.0 Å². The number of nitrogens with zero attached hydrogens (tertiary/aromatic N) is 1. The van der Waals surface area contributed by atoms with Gasteiger partial charge in [-0.25, -0.2) is 0 Å². The summed E-state index contributed by atoms with van der Waals surface area (Å²) in [4.78, 5) is 14.6. The zero-order valence-electron chi connectivity index (χ0n) is 22.9. The highest BCUT2D eigenvalue weighted by Gasteiger charge is 2.65. The normalized spacial score (nSPS) is 46.0. The van der Waals surface area contributed by atoms with Crippen LogP contribution in [0.3, 0.4) is 0 Å². The number of carbonyl (C=O) groups excluding carboxylic acids is 1. The first kappa shape index (κ1) is 27.3. The standard InChI is InChI=1S/C29H52N2O4/c1-18(7-10-26(35)30-13-6-14-31(4)5)21-8-9-22-27-23(17-25(34)29(21,22)3)28(2)12-11-20(32)15-19(28)16-24(27)33/h18-25,27,32-34H,6-17H2,1-5H3,(H,30,35)/t18-,19?,20-,21-,22?,23+,24-,25+,27+,28+,29-/m1/s1. The van der Waals surface area contributed by atoms with Crippen LogP contribution in [0.25, 0.3) is 0 Å². The van der Waals surface area contributed by atoms with E-state index in [1.54, 1.807) is 0 Å². The molecule has 4 saturated carbocycles. The first-order chi connectivity index (χ1) is 16.5. The van der Waals surface area contributed by atoms with E-state index in [2.05, 4.69) is 31.0 Å². The maximum atomic E-state index is 12.4. The van der Waals surface area contributed by atoms with Crippen molar-refractivity contribution in [1.29, 1.82) is 0 Å². The SMILES string of the molecule is C[C@H](CCC(=O)NCCCN(C)C)[C@H]1CCC2[C@@H]3[C@H](O)CC4C[C@H](O)CC[C@]4(C)[C@H]3C[C@H](O)[C@@]21C. The number of fused-ring (bicyclic) bond motifs is 5. The zero-order valence-corrected chi connectivity index (χ0v) is 22.9. The van der Waals surface area contributed by atoms with Gasteiger partial charge < -0.3 is 25.5 Å². The van der Waals surface area contributed by atoms with Crippen LogP contribution in [0.4, 0.5) is 0 Å². The van der Waals surface area contributed by atoms with Crippen LogP contribution in [-0.2, 0) is 4.79 Å². The fraction of sp³-hybridized carbons (Fsp3) is 0.966. The zero-order chi connectivity index (χ0) is 25.5. The Kier molecular flexibility index (Phi) is 8.27. The number of nitrogens with one attached hydrogen (secondary N) is 1. The van der Waals surface area contributed by atoms with Crippen LogP contribution < -0.4 is 5.32 Å². The van der Waals surface area contributed by atoms with Gasteiger partial charge in [-0.15, -0.1) is 0 Å². The first-order valence-corrected chi connectivity index (χ1v) is 14.4. The average Bonchev–Trinajstić information content (AvgIpc) is 3.15. The molecule has 0 aliphatic heterocycles. The molecule has 2 unspecified atom stereocenters. The van der Waals surface area contributed by atoms with Crippen LogP contribution >= 0.6 is 0 Å². The molecular weight excluding hydrogens is 440 g/mol. The molecule has 202 valence electrons. The van der Waals surface area contributed by atoms with Crippen molar-refractivity contribution in [2.45, 2.75) is 103 Å². The monoisotopic (exact) mass is 492 g/mol. The van der Waals surface area contributed by atoms with Gasteiger partial charge in [0.05, 0.1) is 18.3 Å². The predicted molar refractivity (Wildman–Crippen MR) is 139 cm³/mol. The van der Waals surface area contributed by atoms with Crippen LogP contribution in [0.15, 0.2) is 0 Å². The maximum Gasteiger partial charge on any atom is 0.220 e. The average molecular weight is 493 g/mol. The van der Waals surface area contributed by atoms with Crippen molar-refractivity contribution in [3.63, 3.8) is 0 Å². The molecule has 0 aromatic carbocycles. The topological polar surface area (TPSA) is 93.0 Å². The van der Waals surface area contributed by atoms with E-state index in [1.807, 2.05) is 14.1 Å².